The van der Waals surface area contributed by atoms with E-state index in [4.69, 9.17) is 4.42 Å². The second-order valence-corrected chi connectivity index (χ2v) is 8.66. The second-order valence-electron chi connectivity index (χ2n) is 7.68. The molecule has 0 saturated heterocycles. The molecule has 0 fully saturated rings. The highest BCUT2D eigenvalue weighted by molar-refractivity contribution is 7.11. The molecular formula is C25H19N3O4S. The zero-order chi connectivity index (χ0) is 22.9. The third kappa shape index (κ3) is 3.74. The quantitative estimate of drug-likeness (QED) is 0.319. The van der Waals surface area contributed by atoms with Crippen molar-refractivity contribution in [1.82, 2.24) is 9.99 Å². The molecule has 1 aromatic heterocycles. The molecule has 1 aliphatic heterocycles. The predicted octanol–water partition coefficient (Wildman–Crippen LogP) is 4.00. The average molecular weight is 458 g/mol. The van der Waals surface area contributed by atoms with Gasteiger partial charge in [-0.25, -0.2) is 5.43 Å². The number of hydrogen-bond acceptors (Lipinski definition) is 6. The largest absolute Gasteiger partial charge is 0.449 e. The van der Waals surface area contributed by atoms with Crippen LogP contribution in [0.3, 0.4) is 0 Å². The van der Waals surface area contributed by atoms with Gasteiger partial charge in [-0.2, -0.15) is 5.10 Å². The maximum absolute atomic E-state index is 13.5. The summed E-state index contributed by atoms with van der Waals surface area (Å²) in [5.74, 6) is -0.309. The highest BCUT2D eigenvalue weighted by Gasteiger charge is 2.19. The van der Waals surface area contributed by atoms with Crippen molar-refractivity contribution in [2.45, 2.75) is 19.4 Å². The van der Waals surface area contributed by atoms with E-state index >= 15 is 0 Å². The first-order valence-corrected chi connectivity index (χ1v) is 11.3. The molecule has 0 saturated carbocycles. The van der Waals surface area contributed by atoms with E-state index < -0.39 is 6.04 Å². The molecule has 2 aromatic carbocycles. The van der Waals surface area contributed by atoms with Crippen molar-refractivity contribution >= 4 is 45.3 Å². The average Bonchev–Trinajstić information content (AvgIpc) is 3.34. The fourth-order valence-corrected chi connectivity index (χ4v) is 4.61. The fourth-order valence-electron chi connectivity index (χ4n) is 4.02. The van der Waals surface area contributed by atoms with Crippen molar-refractivity contribution in [1.29, 1.82) is 0 Å². The number of hydrazone groups is 1. The summed E-state index contributed by atoms with van der Waals surface area (Å²) in [7, 11) is 0. The minimum atomic E-state index is -0.445. The third-order valence-electron chi connectivity index (χ3n) is 5.48. The minimum Gasteiger partial charge on any atom is -0.449 e. The van der Waals surface area contributed by atoms with Crippen molar-refractivity contribution in [3.05, 3.63) is 102 Å². The number of carbonyl (C=O) groups excluding carboxylic acids is 1. The van der Waals surface area contributed by atoms with Crippen molar-refractivity contribution < 1.29 is 9.21 Å². The summed E-state index contributed by atoms with van der Waals surface area (Å²) in [6, 6.07) is 17.2. The maximum Gasteiger partial charge on any atom is 0.242 e. The van der Waals surface area contributed by atoms with Crippen molar-refractivity contribution in [2.75, 3.05) is 0 Å². The Hall–Kier alpha value is -4.04. The first-order valence-electron chi connectivity index (χ1n) is 10.4. The number of para-hydroxylation sites is 2. The number of hydrogen-bond donors (Lipinski definition) is 1. The third-order valence-corrected chi connectivity index (χ3v) is 6.28. The van der Waals surface area contributed by atoms with E-state index in [0.29, 0.717) is 21.9 Å². The van der Waals surface area contributed by atoms with Crippen LogP contribution in [0.4, 0.5) is 0 Å². The van der Waals surface area contributed by atoms with Crippen LogP contribution in [0.25, 0.3) is 21.9 Å². The van der Waals surface area contributed by atoms with E-state index in [9.17, 15) is 14.4 Å². The number of rotatable bonds is 5. The van der Waals surface area contributed by atoms with E-state index in [1.54, 1.807) is 53.2 Å². The molecule has 1 aliphatic carbocycles. The Labute approximate surface area is 191 Å². The molecule has 164 valence electrons. The summed E-state index contributed by atoms with van der Waals surface area (Å²) in [6.45, 7) is 1.83. The van der Waals surface area contributed by atoms with Gasteiger partial charge in [0.15, 0.2) is 5.58 Å². The van der Waals surface area contributed by atoms with Crippen LogP contribution in [-0.4, -0.2) is 16.7 Å². The van der Waals surface area contributed by atoms with Gasteiger partial charge in [0, 0.05) is 28.1 Å². The fraction of sp³-hybridized carbons (Fsp3) is 0.120. The molecule has 33 heavy (non-hydrogen) atoms. The van der Waals surface area contributed by atoms with Gasteiger partial charge in [0.2, 0.25) is 22.2 Å². The summed E-state index contributed by atoms with van der Waals surface area (Å²) in [4.78, 5) is 40.2. The molecule has 7 nitrogen and oxygen atoms in total. The molecule has 1 amide bonds. The summed E-state index contributed by atoms with van der Waals surface area (Å²) in [5, 5.41) is 6.72. The lowest BCUT2D eigenvalue weighted by molar-refractivity contribution is -0.121. The highest BCUT2D eigenvalue weighted by atomic mass is 32.1. The number of nitrogens with zero attached hydrogens (tertiary/aromatic N) is 2. The summed E-state index contributed by atoms with van der Waals surface area (Å²) >= 11 is 1.51. The monoisotopic (exact) mass is 457 g/mol. The summed E-state index contributed by atoms with van der Waals surface area (Å²) in [6.07, 6.45) is 1.63. The molecular weight excluding hydrogens is 438 g/mol. The smallest absolute Gasteiger partial charge is 0.242 e. The standard InChI is InChI=1S/C25H19N3O4S/c1-15(13-21(29)27-26-14-16-7-6-12-33-16)28-19-10-4-5-11-20(19)32-25-22(28)23(30)17-8-2-3-9-18(17)24(25)31/h2-12,14-15H,13H2,1H3,(H,27,29). The van der Waals surface area contributed by atoms with Crippen molar-refractivity contribution in [2.24, 2.45) is 5.10 Å². The van der Waals surface area contributed by atoms with Crippen LogP contribution in [0.15, 0.2) is 85.2 Å². The number of amides is 1. The molecule has 5 rings (SSSR count). The number of thiophene rings is 1. The number of carbonyl (C=O) groups is 1. The molecule has 2 aliphatic rings. The molecule has 0 radical (unpaired) electrons. The van der Waals surface area contributed by atoms with E-state index in [1.807, 2.05) is 30.5 Å². The van der Waals surface area contributed by atoms with Gasteiger partial charge in [0.05, 0.1) is 11.7 Å². The van der Waals surface area contributed by atoms with Crippen LogP contribution in [0.2, 0.25) is 0 Å². The molecule has 3 aromatic rings. The van der Waals surface area contributed by atoms with Crippen LogP contribution in [0.5, 0.6) is 0 Å². The van der Waals surface area contributed by atoms with Crippen LogP contribution in [-0.2, 0) is 4.79 Å². The number of fused-ring (bicyclic) bond motifs is 2. The van der Waals surface area contributed by atoms with Gasteiger partial charge < -0.3 is 8.98 Å². The predicted molar refractivity (Wildman–Crippen MR) is 129 cm³/mol. The molecule has 8 heteroatoms. The first kappa shape index (κ1) is 20.8. The SMILES string of the molecule is CC(CC(=O)NN=Cc1cccs1)n1c2c(=O)c3ccccc3c(=O)c=2oc2ccccc21. The van der Waals surface area contributed by atoms with Gasteiger partial charge in [0.25, 0.3) is 0 Å². The topological polar surface area (TPSA) is 93.7 Å². The zero-order valence-electron chi connectivity index (χ0n) is 17.6. The highest BCUT2D eigenvalue weighted by Crippen LogP contribution is 2.22. The van der Waals surface area contributed by atoms with Gasteiger partial charge in [-0.1, -0.05) is 42.5 Å². The zero-order valence-corrected chi connectivity index (χ0v) is 18.5. The van der Waals surface area contributed by atoms with Gasteiger partial charge in [-0.3, -0.25) is 14.4 Å². The molecule has 2 heterocycles. The number of nitrogens with one attached hydrogen (secondary N) is 1. The van der Waals surface area contributed by atoms with Crippen LogP contribution in [0, 0.1) is 10.8 Å². The Balaban J connectivity index is 1.65. The molecule has 0 spiro atoms. The van der Waals surface area contributed by atoms with Crippen LogP contribution >= 0.6 is 11.3 Å². The Kier molecular flexibility index (Phi) is 5.35. The Morgan fingerprint density at radius 3 is 2.55 bits per heavy atom. The van der Waals surface area contributed by atoms with Crippen LogP contribution < -0.4 is 16.3 Å². The molecule has 0 bridgehead atoms. The summed E-state index contributed by atoms with van der Waals surface area (Å²) < 4.78 is 7.64. The van der Waals surface area contributed by atoms with E-state index in [2.05, 4.69) is 10.5 Å². The van der Waals surface area contributed by atoms with Crippen LogP contribution in [0.1, 0.15) is 24.3 Å². The molecule has 1 N–H and O–H groups in total. The molecule has 1 atom stereocenters. The second kappa shape index (κ2) is 8.48. The van der Waals surface area contributed by atoms with E-state index in [0.717, 1.165) is 4.88 Å². The number of aromatic nitrogens is 1. The van der Waals surface area contributed by atoms with E-state index in [-0.39, 0.29) is 34.0 Å². The molecule has 1 unspecified atom stereocenters. The van der Waals surface area contributed by atoms with E-state index in [1.165, 1.54) is 11.3 Å². The summed E-state index contributed by atoms with van der Waals surface area (Å²) in [5.41, 5.74) is 2.94. The van der Waals surface area contributed by atoms with Crippen molar-refractivity contribution in [3.63, 3.8) is 0 Å². The number of benzene rings is 2. The normalized spacial score (nSPS) is 12.6. The van der Waals surface area contributed by atoms with Crippen molar-refractivity contribution in [3.8, 4) is 0 Å². The maximum atomic E-state index is 13.5. The lowest BCUT2D eigenvalue weighted by atomic mass is 10.1. The van der Waals surface area contributed by atoms with Gasteiger partial charge in [-0.15, -0.1) is 11.3 Å². The Morgan fingerprint density at radius 1 is 1.06 bits per heavy atom. The van der Waals surface area contributed by atoms with Gasteiger partial charge in [-0.05, 0) is 30.5 Å². The lowest BCUT2D eigenvalue weighted by Gasteiger charge is -2.19. The Morgan fingerprint density at radius 2 is 1.79 bits per heavy atom. The van der Waals surface area contributed by atoms with Gasteiger partial charge in [0.1, 0.15) is 5.35 Å². The van der Waals surface area contributed by atoms with Gasteiger partial charge >= 0.3 is 0 Å². The minimum absolute atomic E-state index is 0.0135. The lowest BCUT2D eigenvalue weighted by Crippen LogP contribution is -2.26. The Bertz CT molecular complexity index is 1700. The first-order chi connectivity index (χ1) is 16.0.